The number of carbonyl (C=O) groups is 2. The summed E-state index contributed by atoms with van der Waals surface area (Å²) in [5, 5.41) is 2.50. The summed E-state index contributed by atoms with van der Waals surface area (Å²) < 4.78 is 18.6. The molecule has 1 aromatic carbocycles. The Bertz CT molecular complexity index is 548. The van der Waals surface area contributed by atoms with Gasteiger partial charge in [0, 0.05) is 25.2 Å². The lowest BCUT2D eigenvalue weighted by molar-refractivity contribution is -0.124. The van der Waals surface area contributed by atoms with Crippen molar-refractivity contribution in [1.82, 2.24) is 10.2 Å². The summed E-state index contributed by atoms with van der Waals surface area (Å²) in [5.74, 6) is -1.04. The largest absolute Gasteiger partial charge is 0.439 e. The highest BCUT2D eigenvalue weighted by Crippen LogP contribution is 2.17. The third-order valence-electron chi connectivity index (χ3n) is 3.45. The van der Waals surface area contributed by atoms with Gasteiger partial charge in [-0.3, -0.25) is 4.79 Å². The van der Waals surface area contributed by atoms with Crippen LogP contribution in [0.3, 0.4) is 0 Å². The van der Waals surface area contributed by atoms with Crippen molar-refractivity contribution in [3.05, 3.63) is 34.6 Å². The fourth-order valence-electron chi connectivity index (χ4n) is 2.22. The van der Waals surface area contributed by atoms with Gasteiger partial charge in [0.25, 0.3) is 5.91 Å². The predicted molar refractivity (Wildman–Crippen MR) is 80.0 cm³/mol. The van der Waals surface area contributed by atoms with Gasteiger partial charge in [-0.05, 0) is 25.3 Å². The van der Waals surface area contributed by atoms with Crippen LogP contribution < -0.4 is 5.32 Å². The monoisotopic (exact) mass is 328 g/mol. The Morgan fingerprint density at radius 1 is 1.27 bits per heavy atom. The molecular weight excluding hydrogens is 311 g/mol. The molecule has 1 heterocycles. The molecule has 0 bridgehead atoms. The van der Waals surface area contributed by atoms with Crippen molar-refractivity contribution in [1.29, 1.82) is 0 Å². The first kappa shape index (κ1) is 16.5. The van der Waals surface area contributed by atoms with E-state index in [1.54, 1.807) is 11.0 Å². The maximum absolute atomic E-state index is 13.6. The van der Waals surface area contributed by atoms with Gasteiger partial charge in [0.1, 0.15) is 5.82 Å². The van der Waals surface area contributed by atoms with Gasteiger partial charge in [-0.2, -0.15) is 0 Å². The molecule has 5 nitrogen and oxygen atoms in total. The Kier molecular flexibility index (Phi) is 6.00. The van der Waals surface area contributed by atoms with E-state index < -0.39 is 17.8 Å². The maximum Gasteiger partial charge on any atom is 0.410 e. The lowest BCUT2D eigenvalue weighted by atomic mass is 10.1. The zero-order valence-electron chi connectivity index (χ0n) is 12.1. The maximum atomic E-state index is 13.6. The SMILES string of the molecule is O=C(COC(=O)N1CCCCC1)NCc1cccc(Cl)c1F. The number of rotatable bonds is 4. The van der Waals surface area contributed by atoms with E-state index in [1.165, 1.54) is 12.1 Å². The van der Waals surface area contributed by atoms with Crippen LogP contribution in [0.5, 0.6) is 0 Å². The van der Waals surface area contributed by atoms with E-state index in [4.69, 9.17) is 16.3 Å². The zero-order chi connectivity index (χ0) is 15.9. The fourth-order valence-corrected chi connectivity index (χ4v) is 2.42. The summed E-state index contributed by atoms with van der Waals surface area (Å²) >= 11 is 5.66. The summed E-state index contributed by atoms with van der Waals surface area (Å²) in [6, 6.07) is 4.56. The van der Waals surface area contributed by atoms with Crippen LogP contribution in [0.15, 0.2) is 18.2 Å². The molecule has 1 aliphatic heterocycles. The number of likely N-dealkylation sites (tertiary alicyclic amines) is 1. The average Bonchev–Trinajstić information content (AvgIpc) is 2.54. The standard InChI is InChI=1S/C15H18ClFN2O3/c16-12-6-4-5-11(14(12)17)9-18-13(20)10-22-15(21)19-7-2-1-3-8-19/h4-6H,1-3,7-10H2,(H,18,20). The van der Waals surface area contributed by atoms with Crippen LogP contribution in [0.25, 0.3) is 0 Å². The Morgan fingerprint density at radius 3 is 2.73 bits per heavy atom. The van der Waals surface area contributed by atoms with Crippen molar-refractivity contribution in [3.8, 4) is 0 Å². The molecule has 1 saturated heterocycles. The van der Waals surface area contributed by atoms with Crippen molar-refractivity contribution in [2.75, 3.05) is 19.7 Å². The van der Waals surface area contributed by atoms with Crippen LogP contribution in [0, 0.1) is 5.82 Å². The zero-order valence-corrected chi connectivity index (χ0v) is 12.9. The number of benzene rings is 1. The molecule has 0 aliphatic carbocycles. The molecule has 1 N–H and O–H groups in total. The minimum absolute atomic E-state index is 0.00303. The van der Waals surface area contributed by atoms with Crippen molar-refractivity contribution in [2.24, 2.45) is 0 Å². The number of amides is 2. The summed E-state index contributed by atoms with van der Waals surface area (Å²) in [6.07, 6.45) is 2.53. The minimum atomic E-state index is -0.560. The molecular formula is C15H18ClFN2O3. The number of nitrogens with one attached hydrogen (secondary N) is 1. The van der Waals surface area contributed by atoms with Crippen molar-refractivity contribution in [2.45, 2.75) is 25.8 Å². The van der Waals surface area contributed by atoms with E-state index in [1.807, 2.05) is 0 Å². The Labute approximate surface area is 133 Å². The average molecular weight is 329 g/mol. The summed E-state index contributed by atoms with van der Waals surface area (Å²) in [4.78, 5) is 25.0. The summed E-state index contributed by atoms with van der Waals surface area (Å²) in [5.41, 5.74) is 0.281. The second-order valence-corrected chi connectivity index (χ2v) is 5.50. The number of hydrogen-bond donors (Lipinski definition) is 1. The van der Waals surface area contributed by atoms with Crippen LogP contribution >= 0.6 is 11.6 Å². The van der Waals surface area contributed by atoms with E-state index in [-0.39, 0.29) is 23.7 Å². The molecule has 0 spiro atoms. The van der Waals surface area contributed by atoms with Crippen LogP contribution in [0.4, 0.5) is 9.18 Å². The van der Waals surface area contributed by atoms with Gasteiger partial charge in [0.05, 0.1) is 5.02 Å². The quantitative estimate of drug-likeness (QED) is 0.924. The molecule has 0 atom stereocenters. The fraction of sp³-hybridized carbons (Fsp3) is 0.467. The number of hydrogen-bond acceptors (Lipinski definition) is 3. The molecule has 0 unspecified atom stereocenters. The molecule has 1 fully saturated rings. The van der Waals surface area contributed by atoms with Gasteiger partial charge in [-0.1, -0.05) is 23.7 Å². The predicted octanol–water partition coefficient (Wildman–Crippen LogP) is 2.72. The third-order valence-corrected chi connectivity index (χ3v) is 3.74. The van der Waals surface area contributed by atoms with Crippen molar-refractivity contribution >= 4 is 23.6 Å². The number of carbonyl (C=O) groups excluding carboxylic acids is 2. The molecule has 1 aromatic rings. The molecule has 1 aliphatic rings. The lowest BCUT2D eigenvalue weighted by Crippen LogP contribution is -2.38. The number of halogens is 2. The molecule has 22 heavy (non-hydrogen) atoms. The van der Waals surface area contributed by atoms with E-state index in [9.17, 15) is 14.0 Å². The van der Waals surface area contributed by atoms with E-state index in [0.29, 0.717) is 13.1 Å². The van der Waals surface area contributed by atoms with Crippen molar-refractivity contribution < 1.29 is 18.7 Å². The van der Waals surface area contributed by atoms with Gasteiger partial charge < -0.3 is 15.0 Å². The molecule has 0 radical (unpaired) electrons. The topological polar surface area (TPSA) is 58.6 Å². The molecule has 120 valence electrons. The highest BCUT2D eigenvalue weighted by molar-refractivity contribution is 6.30. The van der Waals surface area contributed by atoms with Crippen LogP contribution in [-0.2, 0) is 16.1 Å². The Hall–Kier alpha value is -1.82. The molecule has 0 saturated carbocycles. The molecule has 2 amide bonds. The van der Waals surface area contributed by atoms with Gasteiger partial charge >= 0.3 is 6.09 Å². The van der Waals surface area contributed by atoms with E-state index in [0.717, 1.165) is 19.3 Å². The van der Waals surface area contributed by atoms with E-state index in [2.05, 4.69) is 5.32 Å². The Balaban J connectivity index is 1.73. The van der Waals surface area contributed by atoms with Crippen molar-refractivity contribution in [3.63, 3.8) is 0 Å². The normalized spacial score (nSPS) is 14.5. The smallest absolute Gasteiger partial charge is 0.410 e. The van der Waals surface area contributed by atoms with Crippen LogP contribution in [0.1, 0.15) is 24.8 Å². The van der Waals surface area contributed by atoms with Gasteiger partial charge in [0.15, 0.2) is 6.61 Å². The Morgan fingerprint density at radius 2 is 2.00 bits per heavy atom. The minimum Gasteiger partial charge on any atom is -0.439 e. The molecule has 2 rings (SSSR count). The van der Waals surface area contributed by atoms with E-state index >= 15 is 0 Å². The second-order valence-electron chi connectivity index (χ2n) is 5.09. The second kappa shape index (κ2) is 7.98. The van der Waals surface area contributed by atoms with Crippen LogP contribution in [0.2, 0.25) is 5.02 Å². The molecule has 7 heteroatoms. The first-order valence-corrected chi connectivity index (χ1v) is 7.57. The van der Waals surface area contributed by atoms with Gasteiger partial charge in [0.2, 0.25) is 0 Å². The highest BCUT2D eigenvalue weighted by atomic mass is 35.5. The summed E-state index contributed by atoms with van der Waals surface area (Å²) in [7, 11) is 0. The molecule has 0 aromatic heterocycles. The number of piperidine rings is 1. The van der Waals surface area contributed by atoms with Gasteiger partial charge in [-0.25, -0.2) is 9.18 Å². The summed E-state index contributed by atoms with van der Waals surface area (Å²) in [6.45, 7) is 0.937. The lowest BCUT2D eigenvalue weighted by Gasteiger charge is -2.25. The highest BCUT2D eigenvalue weighted by Gasteiger charge is 2.18. The first-order valence-electron chi connectivity index (χ1n) is 7.19. The number of ether oxygens (including phenoxy) is 1. The van der Waals surface area contributed by atoms with Gasteiger partial charge in [-0.15, -0.1) is 0 Å². The first-order chi connectivity index (χ1) is 10.6. The number of nitrogens with zero attached hydrogens (tertiary/aromatic N) is 1. The van der Waals surface area contributed by atoms with Crippen LogP contribution in [-0.4, -0.2) is 36.6 Å². The third kappa shape index (κ3) is 4.59.